The fourth-order valence-corrected chi connectivity index (χ4v) is 9.69. The molecule has 0 saturated carbocycles. The minimum atomic E-state index is 1.21. The van der Waals surface area contributed by atoms with Crippen LogP contribution in [0.5, 0.6) is 0 Å². The maximum atomic E-state index is 2.42. The van der Waals surface area contributed by atoms with Crippen LogP contribution < -0.4 is 0 Å². The fourth-order valence-electron chi connectivity index (χ4n) is 9.69. The molecule has 0 aromatic heterocycles. The van der Waals surface area contributed by atoms with Gasteiger partial charge in [-0.15, -0.1) is 0 Å². The molecule has 0 nitrogen and oxygen atoms in total. The van der Waals surface area contributed by atoms with Crippen molar-refractivity contribution in [1.29, 1.82) is 0 Å². The van der Waals surface area contributed by atoms with Crippen LogP contribution in [0.3, 0.4) is 0 Å². The molecule has 0 atom stereocenters. The number of hydrogen-bond donors (Lipinski definition) is 0. The Morgan fingerprint density at radius 1 is 0.190 bits per heavy atom. The molecule has 1 aliphatic carbocycles. The van der Waals surface area contributed by atoms with Crippen LogP contribution in [0.2, 0.25) is 0 Å². The van der Waals surface area contributed by atoms with E-state index in [1.54, 1.807) is 0 Å². The lowest BCUT2D eigenvalue weighted by atomic mass is 9.83. The molecule has 0 saturated heterocycles. The van der Waals surface area contributed by atoms with E-state index in [0.29, 0.717) is 0 Å². The quantitative estimate of drug-likeness (QED) is 0.155. The predicted octanol–water partition coefficient (Wildman–Crippen LogP) is 16.3. The zero-order valence-electron chi connectivity index (χ0n) is 31.8. The average Bonchev–Trinajstić information content (AvgIpc) is 3.63. The Kier molecular flexibility index (Phi) is 7.33. The summed E-state index contributed by atoms with van der Waals surface area (Å²) in [6.07, 6.45) is 0. The van der Waals surface area contributed by atoms with Gasteiger partial charge in [-0.1, -0.05) is 200 Å². The van der Waals surface area contributed by atoms with Gasteiger partial charge in [-0.25, -0.2) is 0 Å². The molecule has 0 aliphatic heterocycles. The third-order valence-electron chi connectivity index (χ3n) is 12.4. The maximum absolute atomic E-state index is 2.42. The first-order valence-corrected chi connectivity index (χ1v) is 20.2. The zero-order valence-corrected chi connectivity index (χ0v) is 31.8. The van der Waals surface area contributed by atoms with Gasteiger partial charge in [0.15, 0.2) is 0 Å². The smallest absolute Gasteiger partial charge is 0.00201 e. The second-order valence-electron chi connectivity index (χ2n) is 15.6. The molecule has 11 aromatic carbocycles. The van der Waals surface area contributed by atoms with Crippen LogP contribution in [0.15, 0.2) is 218 Å². The largest absolute Gasteiger partial charge is 0.0622 e. The fraction of sp³-hybridized carbons (Fsp3) is 0. The summed E-state index contributed by atoms with van der Waals surface area (Å²) >= 11 is 0. The lowest BCUT2D eigenvalue weighted by Gasteiger charge is -2.20. The van der Waals surface area contributed by atoms with E-state index < -0.39 is 0 Å². The van der Waals surface area contributed by atoms with E-state index in [2.05, 4.69) is 218 Å². The maximum Gasteiger partial charge on any atom is -0.00201 e. The lowest BCUT2D eigenvalue weighted by Crippen LogP contribution is -1.93. The Bertz CT molecular complexity index is 3380. The van der Waals surface area contributed by atoms with Gasteiger partial charge >= 0.3 is 0 Å². The normalized spacial score (nSPS) is 11.8. The van der Waals surface area contributed by atoms with Crippen LogP contribution in [0, 0.1) is 0 Å². The topological polar surface area (TPSA) is 0 Å². The van der Waals surface area contributed by atoms with Crippen LogP contribution in [-0.2, 0) is 0 Å². The van der Waals surface area contributed by atoms with E-state index in [0.717, 1.165) is 0 Å². The molecule has 0 amide bonds. The molecule has 0 fully saturated rings. The molecule has 1 aliphatic rings. The molecule has 0 heteroatoms. The van der Waals surface area contributed by atoms with Gasteiger partial charge in [-0.3, -0.25) is 0 Å². The van der Waals surface area contributed by atoms with Crippen molar-refractivity contribution in [3.8, 4) is 77.9 Å². The SMILES string of the molecule is c1ccc(-c2ccc3c(-c4ccc5ccccc5c4)c4cc(-c5ccccc5)ccc4c(-c4ccc(-c5ccc6c7c(cccc57)-c5ccccc5-6)cc4)c3c2)cc1. The van der Waals surface area contributed by atoms with E-state index in [1.807, 2.05) is 0 Å². The second kappa shape index (κ2) is 13.0. The van der Waals surface area contributed by atoms with Crippen LogP contribution in [0.25, 0.3) is 121 Å². The van der Waals surface area contributed by atoms with Crippen molar-refractivity contribution in [3.05, 3.63) is 218 Å². The highest BCUT2D eigenvalue weighted by Crippen LogP contribution is 2.50. The number of rotatable bonds is 5. The van der Waals surface area contributed by atoms with Crippen molar-refractivity contribution in [2.75, 3.05) is 0 Å². The van der Waals surface area contributed by atoms with E-state index in [1.165, 1.54) is 121 Å². The van der Waals surface area contributed by atoms with Crippen LogP contribution in [-0.4, -0.2) is 0 Å². The summed E-state index contributed by atoms with van der Waals surface area (Å²) in [6, 6.07) is 80.9. The minimum absolute atomic E-state index is 1.21. The Morgan fingerprint density at radius 3 is 1.33 bits per heavy atom. The summed E-state index contributed by atoms with van der Waals surface area (Å²) in [4.78, 5) is 0. The van der Waals surface area contributed by atoms with Crippen LogP contribution >= 0.6 is 0 Å². The number of hydrogen-bond acceptors (Lipinski definition) is 0. The van der Waals surface area contributed by atoms with Crippen molar-refractivity contribution >= 4 is 43.1 Å². The van der Waals surface area contributed by atoms with E-state index in [-0.39, 0.29) is 0 Å². The lowest BCUT2D eigenvalue weighted by molar-refractivity contribution is 1.62. The first-order valence-electron chi connectivity index (χ1n) is 20.2. The summed E-state index contributed by atoms with van der Waals surface area (Å²) in [5, 5.41) is 10.1. The zero-order chi connectivity index (χ0) is 38.2. The summed E-state index contributed by atoms with van der Waals surface area (Å²) < 4.78 is 0. The van der Waals surface area contributed by atoms with E-state index in [9.17, 15) is 0 Å². The molecule has 0 unspecified atom stereocenters. The highest BCUT2D eigenvalue weighted by Gasteiger charge is 2.23. The number of fused-ring (bicyclic) bond motifs is 6. The number of benzene rings is 11. The predicted molar refractivity (Wildman–Crippen MR) is 248 cm³/mol. The Hall–Kier alpha value is -7.54. The Labute approximate surface area is 337 Å². The molecule has 268 valence electrons. The Morgan fingerprint density at radius 2 is 0.672 bits per heavy atom. The molecule has 0 radical (unpaired) electrons. The van der Waals surface area contributed by atoms with Gasteiger partial charge in [0, 0.05) is 0 Å². The highest BCUT2D eigenvalue weighted by molar-refractivity contribution is 6.23. The van der Waals surface area contributed by atoms with E-state index >= 15 is 0 Å². The standard InChI is InChI=1S/C58H36/c1-3-12-37(13-4-1)43-29-31-53-54(35-43)56(41-25-23-40(24-26-41)46-32-33-51-48-19-10-9-18-47(48)50-21-11-20-49(46)58(50)51)52-30-28-44(38-14-5-2-6-15-38)36-55(52)57(53)45-27-22-39-16-7-8-17-42(39)34-45/h1-36H. The van der Waals surface area contributed by atoms with Crippen molar-refractivity contribution < 1.29 is 0 Å². The van der Waals surface area contributed by atoms with Gasteiger partial charge < -0.3 is 0 Å². The third-order valence-corrected chi connectivity index (χ3v) is 12.4. The molecular formula is C58H36. The molecule has 0 N–H and O–H groups in total. The summed E-state index contributed by atoms with van der Waals surface area (Å²) in [5.41, 5.74) is 17.6. The van der Waals surface area contributed by atoms with E-state index in [4.69, 9.17) is 0 Å². The molecule has 0 spiro atoms. The monoisotopic (exact) mass is 732 g/mol. The van der Waals surface area contributed by atoms with Gasteiger partial charge in [-0.05, 0) is 139 Å². The van der Waals surface area contributed by atoms with Gasteiger partial charge in [0.05, 0.1) is 0 Å². The van der Waals surface area contributed by atoms with Crippen molar-refractivity contribution in [1.82, 2.24) is 0 Å². The van der Waals surface area contributed by atoms with Crippen molar-refractivity contribution in [3.63, 3.8) is 0 Å². The summed E-state index contributed by atoms with van der Waals surface area (Å²) in [6.45, 7) is 0. The third kappa shape index (κ3) is 5.09. The highest BCUT2D eigenvalue weighted by atomic mass is 14.3. The molecule has 11 aromatic rings. The van der Waals surface area contributed by atoms with Crippen LogP contribution in [0.1, 0.15) is 0 Å². The molecule has 0 bridgehead atoms. The first-order chi connectivity index (χ1) is 28.8. The van der Waals surface area contributed by atoms with Crippen LogP contribution in [0.4, 0.5) is 0 Å². The van der Waals surface area contributed by atoms with Crippen molar-refractivity contribution in [2.24, 2.45) is 0 Å². The Balaban J connectivity index is 1.11. The van der Waals surface area contributed by atoms with Gasteiger partial charge in [0.25, 0.3) is 0 Å². The minimum Gasteiger partial charge on any atom is -0.0622 e. The second-order valence-corrected chi connectivity index (χ2v) is 15.6. The van der Waals surface area contributed by atoms with Crippen molar-refractivity contribution in [2.45, 2.75) is 0 Å². The van der Waals surface area contributed by atoms with Gasteiger partial charge in [-0.2, -0.15) is 0 Å². The summed E-state index contributed by atoms with van der Waals surface area (Å²) in [5.74, 6) is 0. The summed E-state index contributed by atoms with van der Waals surface area (Å²) in [7, 11) is 0. The average molecular weight is 733 g/mol. The molecule has 58 heavy (non-hydrogen) atoms. The first kappa shape index (κ1) is 32.7. The van der Waals surface area contributed by atoms with Gasteiger partial charge in [0.1, 0.15) is 0 Å². The molecule has 0 heterocycles. The molecule has 12 rings (SSSR count). The van der Waals surface area contributed by atoms with Gasteiger partial charge in [0.2, 0.25) is 0 Å². The molecular weight excluding hydrogens is 697 g/mol.